The fraction of sp³-hybridized carbons (Fsp3) is 0.158. The number of carboxylic acids is 2. The van der Waals surface area contributed by atoms with Crippen molar-refractivity contribution in [3.05, 3.63) is 64.2 Å². The first kappa shape index (κ1) is 15.0. The average molecular weight is 308 g/mol. The summed E-state index contributed by atoms with van der Waals surface area (Å²) in [5.74, 6) is -2.29. The Balaban J connectivity index is 2.20. The van der Waals surface area contributed by atoms with Gasteiger partial charge in [-0.3, -0.25) is 0 Å². The molecule has 116 valence electrons. The Bertz CT molecular complexity index is 877. The Morgan fingerprint density at radius 2 is 1.74 bits per heavy atom. The molecule has 2 aromatic carbocycles. The molecule has 0 atom stereocenters. The van der Waals surface area contributed by atoms with Crippen LogP contribution in [0, 0.1) is 0 Å². The van der Waals surface area contributed by atoms with Gasteiger partial charge in [0.1, 0.15) is 0 Å². The molecule has 0 aromatic heterocycles. The highest BCUT2D eigenvalue weighted by molar-refractivity contribution is 6.03. The van der Waals surface area contributed by atoms with E-state index in [1.807, 2.05) is 24.3 Å². The van der Waals surface area contributed by atoms with E-state index in [1.165, 1.54) is 23.4 Å². The molecule has 0 radical (unpaired) electrons. The Kier molecular flexibility index (Phi) is 3.74. The van der Waals surface area contributed by atoms with Crippen molar-refractivity contribution < 1.29 is 19.8 Å². The van der Waals surface area contributed by atoms with E-state index < -0.39 is 11.9 Å². The van der Waals surface area contributed by atoms with Crippen LogP contribution in [0.15, 0.2) is 47.6 Å². The van der Waals surface area contributed by atoms with E-state index in [9.17, 15) is 14.7 Å². The standard InChI is InChI=1S/C19H16O4/c1-11(9-17(20)21)16(19(22)23)10-14-8-7-13-6-5-12-3-2-4-15(14)18(12)13/h2-4,7-10H,5-6H2,1H3,(H,20,21)(H,22,23). The number of carbonyl (C=O) groups is 2. The highest BCUT2D eigenvalue weighted by Crippen LogP contribution is 2.34. The van der Waals surface area contributed by atoms with E-state index in [4.69, 9.17) is 5.11 Å². The quantitative estimate of drug-likeness (QED) is 0.670. The van der Waals surface area contributed by atoms with Gasteiger partial charge in [-0.25, -0.2) is 9.59 Å². The van der Waals surface area contributed by atoms with Gasteiger partial charge in [0.05, 0.1) is 5.57 Å². The van der Waals surface area contributed by atoms with Crippen LogP contribution < -0.4 is 0 Å². The third-order valence-corrected chi connectivity index (χ3v) is 4.21. The SMILES string of the molecule is CC(=CC(=O)O)C(=Cc1ccc2c3c(cccc13)CC2)C(=O)O. The van der Waals surface area contributed by atoms with Gasteiger partial charge >= 0.3 is 11.9 Å². The first-order valence-corrected chi connectivity index (χ1v) is 7.37. The second kappa shape index (κ2) is 5.72. The Morgan fingerprint density at radius 3 is 2.39 bits per heavy atom. The molecule has 0 unspecified atom stereocenters. The van der Waals surface area contributed by atoms with Crippen LogP contribution in [0.1, 0.15) is 23.6 Å². The molecule has 0 saturated carbocycles. The van der Waals surface area contributed by atoms with Crippen LogP contribution in [0.3, 0.4) is 0 Å². The molecular formula is C19H16O4. The van der Waals surface area contributed by atoms with Crippen LogP contribution in [0.4, 0.5) is 0 Å². The van der Waals surface area contributed by atoms with Gasteiger partial charge in [0.15, 0.2) is 0 Å². The van der Waals surface area contributed by atoms with Crippen molar-refractivity contribution in [3.8, 4) is 0 Å². The summed E-state index contributed by atoms with van der Waals surface area (Å²) in [7, 11) is 0. The lowest BCUT2D eigenvalue weighted by Crippen LogP contribution is -2.04. The zero-order valence-corrected chi connectivity index (χ0v) is 12.7. The van der Waals surface area contributed by atoms with E-state index in [0.29, 0.717) is 0 Å². The van der Waals surface area contributed by atoms with E-state index in [-0.39, 0.29) is 11.1 Å². The molecule has 2 aromatic rings. The van der Waals surface area contributed by atoms with Crippen LogP contribution in [0.25, 0.3) is 16.8 Å². The molecule has 0 amide bonds. The fourth-order valence-electron chi connectivity index (χ4n) is 3.16. The zero-order chi connectivity index (χ0) is 16.6. The molecule has 3 rings (SSSR count). The van der Waals surface area contributed by atoms with Crippen molar-refractivity contribution in [2.24, 2.45) is 0 Å². The third kappa shape index (κ3) is 2.75. The summed E-state index contributed by atoms with van der Waals surface area (Å²) in [5.41, 5.74) is 3.56. The molecule has 0 spiro atoms. The lowest BCUT2D eigenvalue weighted by molar-refractivity contribution is -0.132. The Hall–Kier alpha value is -2.88. The third-order valence-electron chi connectivity index (χ3n) is 4.21. The average Bonchev–Trinajstić information content (AvgIpc) is 2.90. The summed E-state index contributed by atoms with van der Waals surface area (Å²) in [5, 5.41) is 20.5. The van der Waals surface area contributed by atoms with E-state index in [1.54, 1.807) is 6.08 Å². The smallest absolute Gasteiger partial charge is 0.335 e. The first-order valence-electron chi connectivity index (χ1n) is 7.37. The fourth-order valence-corrected chi connectivity index (χ4v) is 3.16. The van der Waals surface area contributed by atoms with Crippen LogP contribution in [-0.2, 0) is 22.4 Å². The predicted octanol–water partition coefficient (Wildman–Crippen LogP) is 3.44. The van der Waals surface area contributed by atoms with Crippen LogP contribution in [0.5, 0.6) is 0 Å². The van der Waals surface area contributed by atoms with Gasteiger partial charge in [0.25, 0.3) is 0 Å². The minimum atomic E-state index is -1.16. The lowest BCUT2D eigenvalue weighted by atomic mass is 9.97. The molecule has 0 bridgehead atoms. The summed E-state index contributed by atoms with van der Waals surface area (Å²) in [6, 6.07) is 9.99. The van der Waals surface area contributed by atoms with E-state index >= 15 is 0 Å². The summed E-state index contributed by atoms with van der Waals surface area (Å²) in [4.78, 5) is 22.3. The molecule has 0 aliphatic heterocycles. The lowest BCUT2D eigenvalue weighted by Gasteiger charge is -2.08. The van der Waals surface area contributed by atoms with Crippen molar-refractivity contribution in [1.29, 1.82) is 0 Å². The van der Waals surface area contributed by atoms with Crippen LogP contribution in [-0.4, -0.2) is 22.2 Å². The molecule has 1 aliphatic carbocycles. The monoisotopic (exact) mass is 308 g/mol. The van der Waals surface area contributed by atoms with Gasteiger partial charge < -0.3 is 10.2 Å². The predicted molar refractivity (Wildman–Crippen MR) is 88.4 cm³/mol. The minimum absolute atomic E-state index is 0.00824. The first-order chi connectivity index (χ1) is 11.0. The number of aliphatic carboxylic acids is 2. The Labute approximate surface area is 133 Å². The van der Waals surface area contributed by atoms with E-state index in [2.05, 4.69) is 6.07 Å². The second-order valence-electron chi connectivity index (χ2n) is 5.68. The summed E-state index contributed by atoms with van der Waals surface area (Å²) in [6.45, 7) is 1.49. The summed E-state index contributed by atoms with van der Waals surface area (Å²) < 4.78 is 0. The van der Waals surface area contributed by atoms with Gasteiger partial charge in [-0.1, -0.05) is 30.3 Å². The van der Waals surface area contributed by atoms with Gasteiger partial charge in [-0.15, -0.1) is 0 Å². The topological polar surface area (TPSA) is 74.6 Å². The highest BCUT2D eigenvalue weighted by atomic mass is 16.4. The molecule has 4 nitrogen and oxygen atoms in total. The number of benzene rings is 2. The van der Waals surface area contributed by atoms with E-state index in [0.717, 1.165) is 29.9 Å². The molecule has 0 fully saturated rings. The molecular weight excluding hydrogens is 292 g/mol. The van der Waals surface area contributed by atoms with Crippen molar-refractivity contribution in [2.75, 3.05) is 0 Å². The summed E-state index contributed by atoms with van der Waals surface area (Å²) in [6.07, 6.45) is 4.48. The van der Waals surface area contributed by atoms with Gasteiger partial charge in [-0.05, 0) is 58.9 Å². The van der Waals surface area contributed by atoms with Crippen molar-refractivity contribution in [2.45, 2.75) is 19.8 Å². The highest BCUT2D eigenvalue weighted by Gasteiger charge is 2.17. The summed E-state index contributed by atoms with van der Waals surface area (Å²) >= 11 is 0. The number of rotatable bonds is 4. The number of aryl methyl sites for hydroxylation is 2. The van der Waals surface area contributed by atoms with Crippen LogP contribution in [0.2, 0.25) is 0 Å². The Morgan fingerprint density at radius 1 is 1.04 bits per heavy atom. The molecule has 0 heterocycles. The largest absolute Gasteiger partial charge is 0.478 e. The van der Waals surface area contributed by atoms with Gasteiger partial charge in [0, 0.05) is 6.08 Å². The molecule has 0 saturated heterocycles. The molecule has 4 heteroatoms. The van der Waals surface area contributed by atoms with Gasteiger partial charge in [0.2, 0.25) is 0 Å². The maximum atomic E-state index is 11.5. The second-order valence-corrected chi connectivity index (χ2v) is 5.68. The van der Waals surface area contributed by atoms with Crippen LogP contribution >= 0.6 is 0 Å². The molecule has 23 heavy (non-hydrogen) atoms. The maximum Gasteiger partial charge on any atom is 0.335 e. The maximum absolute atomic E-state index is 11.5. The van der Waals surface area contributed by atoms with Crippen molar-refractivity contribution in [1.82, 2.24) is 0 Å². The number of hydrogen-bond donors (Lipinski definition) is 2. The number of carboxylic acid groups (broad SMARTS) is 2. The normalized spacial score (nSPS) is 14.3. The number of hydrogen-bond acceptors (Lipinski definition) is 2. The van der Waals surface area contributed by atoms with Crippen molar-refractivity contribution >= 4 is 28.8 Å². The molecule has 2 N–H and O–H groups in total. The zero-order valence-electron chi connectivity index (χ0n) is 12.7. The van der Waals surface area contributed by atoms with Crippen molar-refractivity contribution in [3.63, 3.8) is 0 Å². The van der Waals surface area contributed by atoms with Gasteiger partial charge in [-0.2, -0.15) is 0 Å². The minimum Gasteiger partial charge on any atom is -0.478 e. The molecule has 1 aliphatic rings.